The van der Waals surface area contributed by atoms with E-state index in [1.54, 1.807) is 12.1 Å². The van der Waals surface area contributed by atoms with Crippen molar-refractivity contribution in [3.63, 3.8) is 0 Å². The summed E-state index contributed by atoms with van der Waals surface area (Å²) in [7, 11) is 0. The molecule has 2 amide bonds. The predicted octanol–water partition coefficient (Wildman–Crippen LogP) is -0.130. The molecule has 0 bridgehead atoms. The van der Waals surface area contributed by atoms with Gasteiger partial charge in [0, 0.05) is 26.2 Å². The largest absolute Gasteiger partial charge is 0.483 e. The van der Waals surface area contributed by atoms with E-state index < -0.39 is 0 Å². The van der Waals surface area contributed by atoms with Gasteiger partial charge in [0.2, 0.25) is 0 Å². The Morgan fingerprint density at radius 1 is 0.639 bits per heavy atom. The van der Waals surface area contributed by atoms with E-state index in [4.69, 9.17) is 39.9 Å². The van der Waals surface area contributed by atoms with Gasteiger partial charge < -0.3 is 50.5 Å². The quantitative estimate of drug-likeness (QED) is 0.0931. The lowest BCUT2D eigenvalue weighted by Gasteiger charge is -2.13. The van der Waals surface area contributed by atoms with Gasteiger partial charge in [0.05, 0.1) is 60.0 Å². The van der Waals surface area contributed by atoms with Gasteiger partial charge >= 0.3 is 0 Å². The summed E-state index contributed by atoms with van der Waals surface area (Å²) in [5.74, 6) is 0.585. The zero-order valence-corrected chi connectivity index (χ0v) is 24.5. The van der Waals surface area contributed by atoms with Gasteiger partial charge in [-0.3, -0.25) is 9.59 Å². The lowest BCUT2D eigenvalue weighted by molar-refractivity contribution is -0.124. The second kappa shape index (κ2) is 22.0. The highest BCUT2D eigenvalue weighted by Gasteiger charge is 2.12. The standard InChI is InChI=1S/C22H36I2N4O8/c23-17-14-20(36-16-22(30)28-4-8-34-12-10-32-6-2-26)18(24)13-19(17)35-15-21(29)27-3-7-33-11-9-31-5-1-25/h13-14H,1-12,15-16,25-26H2,(H,27,29)(H,28,30). The first kappa shape index (κ1) is 33.0. The van der Waals surface area contributed by atoms with Crippen LogP contribution in [-0.4, -0.2) is 104 Å². The van der Waals surface area contributed by atoms with Crippen molar-refractivity contribution < 1.29 is 38.0 Å². The number of hydrogen-bond acceptors (Lipinski definition) is 10. The Hall–Kier alpha value is -1.02. The maximum atomic E-state index is 12.0. The third-order valence-corrected chi connectivity index (χ3v) is 5.80. The average Bonchev–Trinajstić information content (AvgIpc) is 2.86. The second-order valence-corrected chi connectivity index (χ2v) is 9.34. The zero-order valence-electron chi connectivity index (χ0n) is 20.2. The third-order valence-electron chi connectivity index (χ3n) is 4.11. The van der Waals surface area contributed by atoms with Crippen molar-refractivity contribution in [2.45, 2.75) is 0 Å². The van der Waals surface area contributed by atoms with Gasteiger partial charge in [0.15, 0.2) is 13.2 Å². The molecule has 0 heterocycles. The minimum Gasteiger partial charge on any atom is -0.483 e. The molecule has 0 fully saturated rings. The summed E-state index contributed by atoms with van der Waals surface area (Å²) >= 11 is 4.18. The molecule has 6 N–H and O–H groups in total. The van der Waals surface area contributed by atoms with Gasteiger partial charge in [-0.25, -0.2) is 0 Å². The zero-order chi connectivity index (χ0) is 26.4. The Morgan fingerprint density at radius 2 is 1.00 bits per heavy atom. The lowest BCUT2D eigenvalue weighted by Crippen LogP contribution is -2.32. The van der Waals surface area contributed by atoms with E-state index in [1.165, 1.54) is 0 Å². The minimum atomic E-state index is -0.257. The van der Waals surface area contributed by atoms with Crippen LogP contribution < -0.4 is 31.6 Å². The number of hydrogen-bond donors (Lipinski definition) is 4. The Kier molecular flexibility index (Phi) is 20.2. The van der Waals surface area contributed by atoms with Crippen molar-refractivity contribution >= 4 is 57.0 Å². The first-order chi connectivity index (χ1) is 17.5. The normalized spacial score (nSPS) is 10.8. The SMILES string of the molecule is NCCOCCOCCNC(=O)COc1cc(I)c(OCC(=O)NCCOCCOCCN)cc1I. The van der Waals surface area contributed by atoms with Gasteiger partial charge in [-0.2, -0.15) is 0 Å². The van der Waals surface area contributed by atoms with Crippen molar-refractivity contribution in [1.82, 2.24) is 10.6 Å². The highest BCUT2D eigenvalue weighted by atomic mass is 127. The number of halogens is 2. The molecule has 14 heteroatoms. The molecule has 1 aromatic rings. The number of nitrogens with one attached hydrogen (secondary N) is 2. The minimum absolute atomic E-state index is 0.129. The van der Waals surface area contributed by atoms with Crippen LogP contribution in [0.4, 0.5) is 0 Å². The van der Waals surface area contributed by atoms with Crippen molar-refractivity contribution in [3.8, 4) is 11.5 Å². The van der Waals surface area contributed by atoms with Crippen LogP contribution in [0.1, 0.15) is 0 Å². The van der Waals surface area contributed by atoms with E-state index in [0.717, 1.165) is 7.14 Å². The fourth-order valence-electron chi connectivity index (χ4n) is 2.46. The third kappa shape index (κ3) is 16.7. The number of carbonyl (C=O) groups excluding carboxylic acids is 2. The second-order valence-electron chi connectivity index (χ2n) is 7.02. The Balaban J connectivity index is 2.23. The Labute approximate surface area is 239 Å². The number of ether oxygens (including phenoxy) is 6. The van der Waals surface area contributed by atoms with Crippen LogP contribution >= 0.6 is 45.2 Å². The maximum absolute atomic E-state index is 12.0. The Morgan fingerprint density at radius 3 is 1.36 bits per heavy atom. The number of rotatable bonds is 22. The molecule has 0 unspecified atom stereocenters. The fourth-order valence-corrected chi connectivity index (χ4v) is 3.64. The van der Waals surface area contributed by atoms with Gasteiger partial charge in [-0.05, 0) is 57.3 Å². The first-order valence-electron chi connectivity index (χ1n) is 11.5. The molecule has 0 radical (unpaired) electrons. The average molecular weight is 738 g/mol. The summed E-state index contributed by atoms with van der Waals surface area (Å²) < 4.78 is 33.8. The van der Waals surface area contributed by atoms with Crippen LogP contribution in [0.25, 0.3) is 0 Å². The maximum Gasteiger partial charge on any atom is 0.258 e. The van der Waals surface area contributed by atoms with E-state index in [1.807, 2.05) is 0 Å². The van der Waals surface area contributed by atoms with Crippen molar-refractivity contribution in [2.75, 3.05) is 92.2 Å². The first-order valence-corrected chi connectivity index (χ1v) is 13.6. The Bertz CT molecular complexity index is 699. The number of carbonyl (C=O) groups is 2. The van der Waals surface area contributed by atoms with Crippen LogP contribution in [-0.2, 0) is 28.5 Å². The molecule has 0 aliphatic rings. The molecule has 36 heavy (non-hydrogen) atoms. The smallest absolute Gasteiger partial charge is 0.258 e. The van der Waals surface area contributed by atoms with Crippen molar-refractivity contribution in [1.29, 1.82) is 0 Å². The molecule has 0 atom stereocenters. The van der Waals surface area contributed by atoms with Crippen molar-refractivity contribution in [3.05, 3.63) is 19.3 Å². The van der Waals surface area contributed by atoms with E-state index >= 15 is 0 Å². The molecule has 0 saturated heterocycles. The van der Waals surface area contributed by atoms with E-state index in [9.17, 15) is 9.59 Å². The molecule has 0 aromatic heterocycles. The van der Waals surface area contributed by atoms with Crippen LogP contribution in [0.3, 0.4) is 0 Å². The molecule has 12 nitrogen and oxygen atoms in total. The molecule has 1 aromatic carbocycles. The number of amides is 2. The summed E-state index contributed by atoms with van der Waals surface area (Å²) in [5.41, 5.74) is 10.6. The highest BCUT2D eigenvalue weighted by molar-refractivity contribution is 14.1. The molecule has 0 saturated carbocycles. The summed E-state index contributed by atoms with van der Waals surface area (Å²) in [4.78, 5) is 24.0. The van der Waals surface area contributed by atoms with Crippen LogP contribution in [0.5, 0.6) is 11.5 Å². The molecular weight excluding hydrogens is 702 g/mol. The predicted molar refractivity (Wildman–Crippen MR) is 150 cm³/mol. The molecule has 1 rings (SSSR count). The van der Waals surface area contributed by atoms with Crippen LogP contribution in [0.2, 0.25) is 0 Å². The summed E-state index contributed by atoms with van der Waals surface area (Å²) in [6.45, 7) is 5.03. The van der Waals surface area contributed by atoms with Crippen LogP contribution in [0.15, 0.2) is 12.1 Å². The lowest BCUT2D eigenvalue weighted by atomic mass is 10.3. The van der Waals surface area contributed by atoms with Crippen LogP contribution in [0, 0.1) is 7.14 Å². The number of benzene rings is 1. The van der Waals surface area contributed by atoms with E-state index in [-0.39, 0.29) is 25.0 Å². The van der Waals surface area contributed by atoms with Gasteiger partial charge in [0.1, 0.15) is 11.5 Å². The van der Waals surface area contributed by atoms with Gasteiger partial charge in [-0.15, -0.1) is 0 Å². The van der Waals surface area contributed by atoms with Gasteiger partial charge in [-0.1, -0.05) is 0 Å². The fraction of sp³-hybridized carbons (Fsp3) is 0.636. The number of nitrogens with two attached hydrogens (primary N) is 2. The highest BCUT2D eigenvalue weighted by Crippen LogP contribution is 2.31. The molecule has 206 valence electrons. The summed E-state index contributed by atoms with van der Waals surface area (Å²) in [6.07, 6.45) is 0. The summed E-state index contributed by atoms with van der Waals surface area (Å²) in [6, 6.07) is 3.52. The molecular formula is C22H36I2N4O8. The molecule has 0 aliphatic carbocycles. The van der Waals surface area contributed by atoms with E-state index in [2.05, 4.69) is 55.8 Å². The van der Waals surface area contributed by atoms with Crippen molar-refractivity contribution in [2.24, 2.45) is 11.5 Å². The molecule has 0 aliphatic heterocycles. The monoisotopic (exact) mass is 738 g/mol. The topological polar surface area (TPSA) is 166 Å². The van der Waals surface area contributed by atoms with Gasteiger partial charge in [0.25, 0.3) is 11.8 Å². The van der Waals surface area contributed by atoms with E-state index in [0.29, 0.717) is 90.5 Å². The summed E-state index contributed by atoms with van der Waals surface area (Å²) in [5, 5.41) is 5.45. The molecule has 0 spiro atoms.